The van der Waals surface area contributed by atoms with Crippen molar-refractivity contribution < 1.29 is 9.53 Å². The molecule has 0 aliphatic rings. The van der Waals surface area contributed by atoms with Gasteiger partial charge >= 0.3 is 5.69 Å². The summed E-state index contributed by atoms with van der Waals surface area (Å²) < 4.78 is 6.86. The van der Waals surface area contributed by atoms with Gasteiger partial charge in [0.1, 0.15) is 11.6 Å². The van der Waals surface area contributed by atoms with Crippen molar-refractivity contribution >= 4 is 17.4 Å². The SMILES string of the molecule is Cc1ccc(C)c(OCC(=O)N(C)c2c(N)n(Cc3ccccc3)c(=O)[nH]c2=O)c1. The molecule has 156 valence electrons. The summed E-state index contributed by atoms with van der Waals surface area (Å²) in [6.45, 7) is 3.69. The molecule has 0 spiro atoms. The third-order valence-electron chi connectivity index (χ3n) is 4.80. The predicted molar refractivity (Wildman–Crippen MR) is 116 cm³/mol. The van der Waals surface area contributed by atoms with Crippen molar-refractivity contribution in [2.75, 3.05) is 24.3 Å². The van der Waals surface area contributed by atoms with Gasteiger partial charge in [-0.2, -0.15) is 0 Å². The van der Waals surface area contributed by atoms with E-state index in [4.69, 9.17) is 10.5 Å². The van der Waals surface area contributed by atoms with Crippen molar-refractivity contribution in [3.8, 4) is 5.75 Å². The van der Waals surface area contributed by atoms with Gasteiger partial charge in [-0.25, -0.2) is 4.79 Å². The Hall–Kier alpha value is -3.81. The van der Waals surface area contributed by atoms with Crippen LogP contribution in [0.15, 0.2) is 58.1 Å². The maximum absolute atomic E-state index is 12.7. The third kappa shape index (κ3) is 4.43. The lowest BCUT2D eigenvalue weighted by Crippen LogP contribution is -2.41. The van der Waals surface area contributed by atoms with Crippen LogP contribution in [0, 0.1) is 13.8 Å². The number of nitrogens with two attached hydrogens (primary N) is 1. The number of likely N-dealkylation sites (N-methyl/N-ethyl adjacent to an activating group) is 1. The van der Waals surface area contributed by atoms with Crippen LogP contribution in [0.4, 0.5) is 11.5 Å². The zero-order chi connectivity index (χ0) is 21.8. The van der Waals surface area contributed by atoms with E-state index >= 15 is 0 Å². The Labute approximate surface area is 173 Å². The lowest BCUT2D eigenvalue weighted by atomic mass is 10.1. The molecule has 1 aromatic heterocycles. The van der Waals surface area contributed by atoms with Gasteiger partial charge in [0.25, 0.3) is 11.5 Å². The molecule has 30 heavy (non-hydrogen) atoms. The van der Waals surface area contributed by atoms with Gasteiger partial charge in [0.15, 0.2) is 12.3 Å². The predicted octanol–water partition coefficient (Wildman–Crippen LogP) is 1.83. The van der Waals surface area contributed by atoms with E-state index in [1.54, 1.807) is 0 Å². The Bertz CT molecular complexity index is 1180. The number of benzene rings is 2. The Morgan fingerprint density at radius 2 is 1.83 bits per heavy atom. The van der Waals surface area contributed by atoms with Crippen LogP contribution in [0.1, 0.15) is 16.7 Å². The molecule has 3 rings (SSSR count). The monoisotopic (exact) mass is 408 g/mol. The second-order valence-electron chi connectivity index (χ2n) is 7.08. The lowest BCUT2D eigenvalue weighted by molar-refractivity contribution is -0.120. The second-order valence-corrected chi connectivity index (χ2v) is 7.08. The van der Waals surface area contributed by atoms with Gasteiger partial charge in [0.05, 0.1) is 6.54 Å². The molecule has 0 bridgehead atoms. The number of hydrogen-bond donors (Lipinski definition) is 2. The van der Waals surface area contributed by atoms with E-state index in [0.717, 1.165) is 21.6 Å². The summed E-state index contributed by atoms with van der Waals surface area (Å²) in [5.41, 5.74) is 7.39. The number of carbonyl (C=O) groups is 1. The van der Waals surface area contributed by atoms with Crippen molar-refractivity contribution in [1.29, 1.82) is 0 Å². The molecule has 0 aliphatic carbocycles. The zero-order valence-electron chi connectivity index (χ0n) is 17.1. The molecule has 0 fully saturated rings. The Morgan fingerprint density at radius 3 is 2.53 bits per heavy atom. The first-order valence-electron chi connectivity index (χ1n) is 9.41. The number of nitrogens with zero attached hydrogens (tertiary/aromatic N) is 2. The average molecular weight is 408 g/mol. The average Bonchev–Trinajstić information content (AvgIpc) is 2.72. The molecule has 2 aromatic carbocycles. The Balaban J connectivity index is 1.86. The van der Waals surface area contributed by atoms with Crippen LogP contribution in [-0.2, 0) is 11.3 Å². The first-order valence-corrected chi connectivity index (χ1v) is 9.41. The Kier molecular flexibility index (Phi) is 6.06. The van der Waals surface area contributed by atoms with Gasteiger partial charge in [-0.1, -0.05) is 42.5 Å². The fraction of sp³-hybridized carbons (Fsp3) is 0.227. The summed E-state index contributed by atoms with van der Waals surface area (Å²) >= 11 is 0. The van der Waals surface area contributed by atoms with Gasteiger partial charge in [-0.05, 0) is 36.6 Å². The third-order valence-corrected chi connectivity index (χ3v) is 4.80. The van der Waals surface area contributed by atoms with E-state index in [0.29, 0.717) is 5.75 Å². The highest BCUT2D eigenvalue weighted by atomic mass is 16.5. The molecular formula is C22H24N4O4. The smallest absolute Gasteiger partial charge is 0.330 e. The second kappa shape index (κ2) is 8.69. The van der Waals surface area contributed by atoms with Crippen molar-refractivity contribution in [3.05, 3.63) is 86.1 Å². The minimum Gasteiger partial charge on any atom is -0.483 e. The highest BCUT2D eigenvalue weighted by Crippen LogP contribution is 2.20. The summed E-state index contributed by atoms with van der Waals surface area (Å²) in [7, 11) is 1.42. The number of carbonyl (C=O) groups excluding carboxylic acids is 1. The normalized spacial score (nSPS) is 10.6. The van der Waals surface area contributed by atoms with Crippen molar-refractivity contribution in [2.24, 2.45) is 0 Å². The summed E-state index contributed by atoms with van der Waals surface area (Å²) in [6.07, 6.45) is 0. The first-order chi connectivity index (χ1) is 14.3. The number of aryl methyl sites for hydroxylation is 2. The number of hydrogen-bond acceptors (Lipinski definition) is 5. The van der Waals surface area contributed by atoms with E-state index in [1.165, 1.54) is 11.6 Å². The minimum absolute atomic E-state index is 0.0878. The first kappa shape index (κ1) is 20.9. The molecule has 0 unspecified atom stereocenters. The van der Waals surface area contributed by atoms with Crippen LogP contribution in [-0.4, -0.2) is 29.1 Å². The maximum Gasteiger partial charge on any atom is 0.330 e. The summed E-state index contributed by atoms with van der Waals surface area (Å²) in [4.78, 5) is 40.7. The van der Waals surface area contributed by atoms with E-state index in [2.05, 4.69) is 4.98 Å². The number of anilines is 2. The van der Waals surface area contributed by atoms with Crippen LogP contribution in [0.25, 0.3) is 0 Å². The highest BCUT2D eigenvalue weighted by molar-refractivity contribution is 5.96. The van der Waals surface area contributed by atoms with Gasteiger partial charge in [0.2, 0.25) is 0 Å². The van der Waals surface area contributed by atoms with E-state index in [1.807, 2.05) is 62.4 Å². The number of nitrogen functional groups attached to an aromatic ring is 1. The van der Waals surface area contributed by atoms with Crippen molar-refractivity contribution in [2.45, 2.75) is 20.4 Å². The van der Waals surface area contributed by atoms with Crippen LogP contribution >= 0.6 is 0 Å². The van der Waals surface area contributed by atoms with Crippen LogP contribution in [0.3, 0.4) is 0 Å². The zero-order valence-corrected chi connectivity index (χ0v) is 17.1. The molecule has 8 nitrogen and oxygen atoms in total. The molecule has 1 heterocycles. The summed E-state index contributed by atoms with van der Waals surface area (Å²) in [6, 6.07) is 14.9. The highest BCUT2D eigenvalue weighted by Gasteiger charge is 2.21. The number of aromatic nitrogens is 2. The lowest BCUT2D eigenvalue weighted by Gasteiger charge is -2.21. The van der Waals surface area contributed by atoms with Gasteiger partial charge in [-0.15, -0.1) is 0 Å². The molecular weight excluding hydrogens is 384 g/mol. The number of nitrogens with one attached hydrogen (secondary N) is 1. The van der Waals surface area contributed by atoms with Crippen LogP contribution in [0.5, 0.6) is 5.75 Å². The number of rotatable bonds is 6. The summed E-state index contributed by atoms with van der Waals surface area (Å²) in [5, 5.41) is 0. The number of ether oxygens (including phenoxy) is 1. The Morgan fingerprint density at radius 1 is 1.13 bits per heavy atom. The standard InChI is InChI=1S/C22H24N4O4/c1-14-9-10-15(2)17(11-14)30-13-18(27)25(3)19-20(23)26(22(29)24-21(19)28)12-16-7-5-4-6-8-16/h4-11H,12-13,23H2,1-3H3,(H,24,28,29). The van der Waals surface area contributed by atoms with Gasteiger partial charge < -0.3 is 15.4 Å². The van der Waals surface area contributed by atoms with Crippen LogP contribution in [0.2, 0.25) is 0 Å². The van der Waals surface area contributed by atoms with Gasteiger partial charge in [0, 0.05) is 7.05 Å². The topological polar surface area (TPSA) is 110 Å². The van der Waals surface area contributed by atoms with Crippen LogP contribution < -0.4 is 26.6 Å². The summed E-state index contributed by atoms with van der Waals surface area (Å²) in [5.74, 6) is 0.0286. The number of aromatic amines is 1. The van der Waals surface area contributed by atoms with E-state index in [9.17, 15) is 14.4 Å². The molecule has 3 aromatic rings. The molecule has 1 amide bonds. The van der Waals surface area contributed by atoms with Crippen molar-refractivity contribution in [1.82, 2.24) is 9.55 Å². The molecule has 3 N–H and O–H groups in total. The maximum atomic E-state index is 12.7. The molecule has 0 atom stereocenters. The molecule has 0 radical (unpaired) electrons. The molecule has 8 heteroatoms. The number of H-pyrrole nitrogens is 1. The van der Waals surface area contributed by atoms with Gasteiger partial charge in [-0.3, -0.25) is 19.1 Å². The minimum atomic E-state index is -0.732. The quantitative estimate of drug-likeness (QED) is 0.646. The fourth-order valence-corrected chi connectivity index (χ4v) is 3.05. The fourth-order valence-electron chi connectivity index (χ4n) is 3.05. The molecule has 0 saturated carbocycles. The number of amides is 1. The van der Waals surface area contributed by atoms with E-state index in [-0.39, 0.29) is 24.7 Å². The van der Waals surface area contributed by atoms with E-state index < -0.39 is 17.2 Å². The molecule has 0 saturated heterocycles. The van der Waals surface area contributed by atoms with Crippen molar-refractivity contribution in [3.63, 3.8) is 0 Å². The molecule has 0 aliphatic heterocycles. The largest absolute Gasteiger partial charge is 0.483 e.